The van der Waals surface area contributed by atoms with Gasteiger partial charge in [-0.25, -0.2) is 0 Å². The van der Waals surface area contributed by atoms with Crippen molar-refractivity contribution >= 4 is 32.7 Å². The third kappa shape index (κ3) is 5.76. The van der Waals surface area contributed by atoms with Crippen molar-refractivity contribution in [2.24, 2.45) is 0 Å². The number of hydrogen-bond donors (Lipinski definition) is 0. The Hall–Kier alpha value is -4.89. The summed E-state index contributed by atoms with van der Waals surface area (Å²) in [6, 6.07) is 49.5. The standard InChI is InChI=1S/C28H18NO.C11H8N.Ir/c1-18-15-19-7-2-3-8-20(19)16-25(18)21-13-14-29-26(17-21)24-11-6-10-23-22-9-4-5-12-27(22)30-28(23)24;1-2-6-10(7-3-1)11-8-4-5-9-12-11;/h2-10,12-17H,1H3;1-6,8-9H;/q2*-1;. The van der Waals surface area contributed by atoms with Crippen LogP contribution in [-0.4, -0.2) is 9.97 Å². The van der Waals surface area contributed by atoms with Gasteiger partial charge in [-0.3, -0.25) is 0 Å². The van der Waals surface area contributed by atoms with Gasteiger partial charge >= 0.3 is 0 Å². The molecule has 0 saturated carbocycles. The summed E-state index contributed by atoms with van der Waals surface area (Å²) in [6.07, 6.45) is 3.66. The van der Waals surface area contributed by atoms with Gasteiger partial charge in [-0.1, -0.05) is 77.7 Å². The maximum absolute atomic E-state index is 6.19. The Kier molecular flexibility index (Phi) is 8.24. The van der Waals surface area contributed by atoms with Crippen LogP contribution in [-0.2, 0) is 20.1 Å². The molecule has 43 heavy (non-hydrogen) atoms. The molecule has 3 heterocycles. The molecule has 0 aliphatic rings. The fourth-order valence-corrected chi connectivity index (χ4v) is 5.36. The Balaban J connectivity index is 0.000000213. The Bertz CT molecular complexity index is 2120. The van der Waals surface area contributed by atoms with Crippen molar-refractivity contribution in [3.8, 4) is 33.6 Å². The second-order valence-electron chi connectivity index (χ2n) is 10.1. The summed E-state index contributed by atoms with van der Waals surface area (Å²) in [4.78, 5) is 8.87. The number of nitrogens with zero attached hydrogens (tertiary/aromatic N) is 2. The van der Waals surface area contributed by atoms with Crippen LogP contribution in [0.5, 0.6) is 0 Å². The molecule has 0 aliphatic heterocycles. The van der Waals surface area contributed by atoms with E-state index in [-0.39, 0.29) is 20.1 Å². The van der Waals surface area contributed by atoms with Crippen molar-refractivity contribution in [3.05, 3.63) is 157 Å². The van der Waals surface area contributed by atoms with Gasteiger partial charge in [0.05, 0.1) is 5.58 Å². The zero-order chi connectivity index (χ0) is 28.3. The molecule has 0 unspecified atom stereocenters. The Morgan fingerprint density at radius 2 is 1.37 bits per heavy atom. The average Bonchev–Trinajstić information content (AvgIpc) is 3.45. The third-order valence-electron chi connectivity index (χ3n) is 7.41. The first kappa shape index (κ1) is 28.2. The van der Waals surface area contributed by atoms with Gasteiger partial charge in [-0.2, -0.15) is 0 Å². The maximum Gasteiger partial charge on any atom is 0.120 e. The predicted molar refractivity (Wildman–Crippen MR) is 172 cm³/mol. The van der Waals surface area contributed by atoms with Gasteiger partial charge in [-0.05, 0) is 70.0 Å². The number of aromatic nitrogens is 2. The first-order chi connectivity index (χ1) is 20.7. The van der Waals surface area contributed by atoms with Crippen LogP contribution in [0.1, 0.15) is 5.56 Å². The van der Waals surface area contributed by atoms with Gasteiger partial charge in [0.1, 0.15) is 5.58 Å². The number of para-hydroxylation sites is 1. The van der Waals surface area contributed by atoms with Gasteiger partial charge in [0.2, 0.25) is 0 Å². The van der Waals surface area contributed by atoms with Gasteiger partial charge in [0.25, 0.3) is 0 Å². The summed E-state index contributed by atoms with van der Waals surface area (Å²) in [7, 11) is 0. The van der Waals surface area contributed by atoms with Crippen LogP contribution in [0.4, 0.5) is 0 Å². The van der Waals surface area contributed by atoms with Crippen molar-refractivity contribution < 1.29 is 24.5 Å². The zero-order valence-corrected chi connectivity index (χ0v) is 25.8. The molecule has 0 bridgehead atoms. The van der Waals surface area contributed by atoms with Crippen molar-refractivity contribution in [3.63, 3.8) is 0 Å². The minimum Gasteiger partial charge on any atom is -0.501 e. The molecule has 5 aromatic carbocycles. The van der Waals surface area contributed by atoms with E-state index in [2.05, 4.69) is 89.7 Å². The zero-order valence-electron chi connectivity index (χ0n) is 23.4. The number of rotatable bonds is 3. The molecule has 0 fully saturated rings. The molecule has 0 aliphatic carbocycles. The second-order valence-corrected chi connectivity index (χ2v) is 10.1. The van der Waals surface area contributed by atoms with Crippen molar-refractivity contribution in [1.82, 2.24) is 9.97 Å². The Morgan fingerprint density at radius 1 is 0.605 bits per heavy atom. The minimum absolute atomic E-state index is 0. The quantitative estimate of drug-likeness (QED) is 0.170. The molecule has 3 nitrogen and oxygen atoms in total. The smallest absolute Gasteiger partial charge is 0.120 e. The van der Waals surface area contributed by atoms with E-state index in [0.717, 1.165) is 50.0 Å². The van der Waals surface area contributed by atoms with Crippen molar-refractivity contribution in [2.75, 3.05) is 0 Å². The number of pyridine rings is 2. The number of fused-ring (bicyclic) bond motifs is 4. The summed E-state index contributed by atoms with van der Waals surface area (Å²) in [5, 5.41) is 4.70. The van der Waals surface area contributed by atoms with Crippen LogP contribution in [0.3, 0.4) is 0 Å². The van der Waals surface area contributed by atoms with Gasteiger partial charge in [0.15, 0.2) is 0 Å². The maximum atomic E-state index is 6.19. The second kappa shape index (κ2) is 12.5. The molecule has 8 rings (SSSR count). The summed E-state index contributed by atoms with van der Waals surface area (Å²) in [5.74, 6) is 0. The van der Waals surface area contributed by atoms with E-state index < -0.39 is 0 Å². The average molecular weight is 731 g/mol. The molecule has 3 aromatic heterocycles. The molecule has 209 valence electrons. The molecule has 4 heteroatoms. The number of hydrogen-bond acceptors (Lipinski definition) is 3. The van der Waals surface area contributed by atoms with E-state index >= 15 is 0 Å². The molecular weight excluding hydrogens is 705 g/mol. The molecule has 0 saturated heterocycles. The SMILES string of the molecule is Cc1cc2ccccc2cc1-c1ccnc(-c2[c-]ccc3c2oc2ccccc23)c1.[Ir].[c-]1ccccc1-c1ccccn1. The first-order valence-electron chi connectivity index (χ1n) is 13.9. The van der Waals surface area contributed by atoms with E-state index in [9.17, 15) is 0 Å². The molecular formula is C39H26IrN2O-2. The molecule has 1 radical (unpaired) electrons. The van der Waals surface area contributed by atoms with Gasteiger partial charge in [-0.15, -0.1) is 54.1 Å². The third-order valence-corrected chi connectivity index (χ3v) is 7.41. The molecule has 8 aromatic rings. The van der Waals surface area contributed by atoms with Crippen LogP contribution in [0.2, 0.25) is 0 Å². The van der Waals surface area contributed by atoms with Gasteiger partial charge in [0, 0.05) is 37.9 Å². The monoisotopic (exact) mass is 731 g/mol. The van der Waals surface area contributed by atoms with Crippen LogP contribution in [0.15, 0.2) is 144 Å². The number of furan rings is 1. The predicted octanol–water partition coefficient (Wildman–Crippen LogP) is 10.1. The summed E-state index contributed by atoms with van der Waals surface area (Å²) in [6.45, 7) is 2.16. The van der Waals surface area contributed by atoms with Gasteiger partial charge < -0.3 is 14.4 Å². The van der Waals surface area contributed by atoms with Crippen molar-refractivity contribution in [2.45, 2.75) is 6.92 Å². The van der Waals surface area contributed by atoms with Crippen molar-refractivity contribution in [1.29, 1.82) is 0 Å². The molecule has 0 N–H and O–H groups in total. The summed E-state index contributed by atoms with van der Waals surface area (Å²) < 4.78 is 6.19. The summed E-state index contributed by atoms with van der Waals surface area (Å²) in [5.41, 5.74) is 9.09. The topological polar surface area (TPSA) is 38.9 Å². The molecule has 0 spiro atoms. The largest absolute Gasteiger partial charge is 0.501 e. The summed E-state index contributed by atoms with van der Waals surface area (Å²) >= 11 is 0. The first-order valence-corrected chi connectivity index (χ1v) is 13.9. The van der Waals surface area contributed by atoms with Crippen LogP contribution >= 0.6 is 0 Å². The van der Waals surface area contributed by atoms with Crippen LogP contribution in [0, 0.1) is 19.1 Å². The fraction of sp³-hybridized carbons (Fsp3) is 0.0256. The van der Waals surface area contributed by atoms with E-state index in [4.69, 9.17) is 4.42 Å². The van der Waals surface area contributed by atoms with Crippen LogP contribution in [0.25, 0.3) is 66.4 Å². The number of aryl methyl sites for hydroxylation is 1. The molecule has 0 amide bonds. The van der Waals surface area contributed by atoms with E-state index in [0.29, 0.717) is 0 Å². The molecule has 0 atom stereocenters. The van der Waals surface area contributed by atoms with E-state index in [1.54, 1.807) is 6.20 Å². The normalized spacial score (nSPS) is 10.7. The minimum atomic E-state index is 0. The Labute approximate surface area is 264 Å². The van der Waals surface area contributed by atoms with Crippen LogP contribution < -0.4 is 0 Å². The number of benzene rings is 5. The Morgan fingerprint density at radius 3 is 2.19 bits per heavy atom. The van der Waals surface area contributed by atoms with E-state index in [1.165, 1.54) is 21.9 Å². The fourth-order valence-electron chi connectivity index (χ4n) is 5.36. The van der Waals surface area contributed by atoms with E-state index in [1.807, 2.05) is 72.9 Å².